The largest absolute Gasteiger partial charge is 0.353 e. The minimum absolute atomic E-state index is 0.106. The first-order chi connectivity index (χ1) is 15.3. The molecule has 0 unspecified atom stereocenters. The lowest BCUT2D eigenvalue weighted by Gasteiger charge is -2.36. The lowest BCUT2D eigenvalue weighted by Crippen LogP contribution is -2.49. The molecular weight excluding hydrogens is 426 g/mol. The van der Waals surface area contributed by atoms with E-state index in [-0.39, 0.29) is 17.2 Å². The highest BCUT2D eigenvalue weighted by Gasteiger charge is 2.30. The van der Waals surface area contributed by atoms with Gasteiger partial charge >= 0.3 is 0 Å². The molecule has 0 saturated carbocycles. The summed E-state index contributed by atoms with van der Waals surface area (Å²) in [5.41, 5.74) is 3.28. The summed E-state index contributed by atoms with van der Waals surface area (Å²) in [5, 5.41) is 9.62. The van der Waals surface area contributed by atoms with Crippen LogP contribution in [0.5, 0.6) is 0 Å². The average Bonchev–Trinajstić information content (AvgIpc) is 3.17. The second kappa shape index (κ2) is 8.79. The van der Waals surface area contributed by atoms with Crippen LogP contribution in [0.4, 0.5) is 11.5 Å². The van der Waals surface area contributed by atoms with E-state index < -0.39 is 10.0 Å². The number of benzene rings is 1. The Labute approximate surface area is 189 Å². The first kappa shape index (κ1) is 22.1. The number of rotatable bonds is 4. The van der Waals surface area contributed by atoms with Crippen molar-refractivity contribution in [1.82, 2.24) is 9.88 Å². The van der Waals surface area contributed by atoms with E-state index in [9.17, 15) is 18.5 Å². The Morgan fingerprint density at radius 3 is 2.50 bits per heavy atom. The smallest absolute Gasteiger partial charge is 0.255 e. The molecule has 2 fully saturated rings. The van der Waals surface area contributed by atoms with Gasteiger partial charge in [-0.2, -0.15) is 5.26 Å². The molecule has 2 aliphatic rings. The van der Waals surface area contributed by atoms with Gasteiger partial charge in [-0.3, -0.25) is 9.10 Å². The summed E-state index contributed by atoms with van der Waals surface area (Å²) in [7, 11) is -3.34. The number of hydrogen-bond acceptors (Lipinski definition) is 6. The number of carbonyl (C=O) groups excluding carboxylic acids is 1. The van der Waals surface area contributed by atoms with Crippen molar-refractivity contribution < 1.29 is 13.2 Å². The molecule has 9 heteroatoms. The molecule has 0 aliphatic carbocycles. The van der Waals surface area contributed by atoms with Gasteiger partial charge in [-0.25, -0.2) is 13.4 Å². The van der Waals surface area contributed by atoms with Crippen LogP contribution in [0.1, 0.15) is 40.4 Å². The number of aryl methyl sites for hydroxylation is 2. The minimum atomic E-state index is -3.34. The van der Waals surface area contributed by atoms with Crippen LogP contribution < -0.4 is 9.21 Å². The van der Waals surface area contributed by atoms with Crippen molar-refractivity contribution in [2.24, 2.45) is 0 Å². The van der Waals surface area contributed by atoms with Crippen LogP contribution in [0.25, 0.3) is 0 Å². The summed E-state index contributed by atoms with van der Waals surface area (Å²) < 4.78 is 25.7. The van der Waals surface area contributed by atoms with Gasteiger partial charge in [0.1, 0.15) is 11.9 Å². The molecule has 168 valence electrons. The summed E-state index contributed by atoms with van der Waals surface area (Å²) in [6.45, 7) is 6.95. The molecule has 8 nitrogen and oxygen atoms in total. The van der Waals surface area contributed by atoms with Gasteiger partial charge in [-0.1, -0.05) is 13.0 Å². The van der Waals surface area contributed by atoms with Crippen molar-refractivity contribution in [2.75, 3.05) is 47.7 Å². The van der Waals surface area contributed by atoms with Gasteiger partial charge < -0.3 is 9.80 Å². The zero-order chi connectivity index (χ0) is 22.9. The van der Waals surface area contributed by atoms with Crippen molar-refractivity contribution in [2.45, 2.75) is 26.7 Å². The highest BCUT2D eigenvalue weighted by Crippen LogP contribution is 2.27. The summed E-state index contributed by atoms with van der Waals surface area (Å²) in [4.78, 5) is 21.7. The van der Waals surface area contributed by atoms with Gasteiger partial charge in [-0.05, 0) is 49.1 Å². The zero-order valence-electron chi connectivity index (χ0n) is 18.4. The fraction of sp³-hybridized carbons (Fsp3) is 0.435. The van der Waals surface area contributed by atoms with Gasteiger partial charge in [0, 0.05) is 38.9 Å². The zero-order valence-corrected chi connectivity index (χ0v) is 19.2. The molecule has 0 radical (unpaired) electrons. The fourth-order valence-electron chi connectivity index (χ4n) is 4.34. The minimum Gasteiger partial charge on any atom is -0.353 e. The highest BCUT2D eigenvalue weighted by molar-refractivity contribution is 7.93. The average molecular weight is 454 g/mol. The van der Waals surface area contributed by atoms with E-state index in [2.05, 4.69) is 35.9 Å². The fourth-order valence-corrected chi connectivity index (χ4v) is 5.89. The van der Waals surface area contributed by atoms with E-state index >= 15 is 0 Å². The van der Waals surface area contributed by atoms with Crippen LogP contribution >= 0.6 is 0 Å². The van der Waals surface area contributed by atoms with Crippen LogP contribution in [0.15, 0.2) is 30.5 Å². The molecule has 2 saturated heterocycles. The number of carbonyl (C=O) groups is 1. The number of sulfonamides is 1. The van der Waals surface area contributed by atoms with Crippen molar-refractivity contribution >= 4 is 27.4 Å². The number of pyridine rings is 1. The number of anilines is 2. The van der Waals surface area contributed by atoms with Crippen LogP contribution in [-0.2, 0) is 16.4 Å². The summed E-state index contributed by atoms with van der Waals surface area (Å²) in [6.07, 6.45) is 3.41. The maximum atomic E-state index is 13.1. The van der Waals surface area contributed by atoms with Crippen molar-refractivity contribution in [3.63, 3.8) is 0 Å². The Morgan fingerprint density at radius 2 is 1.91 bits per heavy atom. The second-order valence-corrected chi connectivity index (χ2v) is 10.2. The Kier molecular flexibility index (Phi) is 6.07. The molecule has 1 aromatic heterocycles. The van der Waals surface area contributed by atoms with Crippen molar-refractivity contribution in [3.8, 4) is 6.07 Å². The molecule has 0 spiro atoms. The number of amides is 1. The molecule has 4 rings (SSSR count). The lowest BCUT2D eigenvalue weighted by atomic mass is 10.1. The molecule has 3 heterocycles. The van der Waals surface area contributed by atoms with Gasteiger partial charge in [0.2, 0.25) is 10.0 Å². The second-order valence-electron chi connectivity index (χ2n) is 8.20. The van der Waals surface area contributed by atoms with Gasteiger partial charge in [0.05, 0.1) is 22.6 Å². The van der Waals surface area contributed by atoms with E-state index in [0.717, 1.165) is 17.8 Å². The number of hydrogen-bond donors (Lipinski definition) is 0. The van der Waals surface area contributed by atoms with Gasteiger partial charge in [0.15, 0.2) is 0 Å². The predicted molar refractivity (Wildman–Crippen MR) is 123 cm³/mol. The summed E-state index contributed by atoms with van der Waals surface area (Å²) >= 11 is 0. The van der Waals surface area contributed by atoms with Gasteiger partial charge in [0.25, 0.3) is 5.91 Å². The SMILES string of the molecule is CCc1cnc(N2CCN(C(=O)c3ccc(N4CCCS4(=O)=O)cc3C#N)CC2)c(C)c1. The summed E-state index contributed by atoms with van der Waals surface area (Å²) in [6, 6.07) is 8.93. The number of nitriles is 1. The van der Waals surface area contributed by atoms with Crippen molar-refractivity contribution in [1.29, 1.82) is 5.26 Å². The van der Waals surface area contributed by atoms with Crippen LogP contribution in [0.2, 0.25) is 0 Å². The molecule has 2 aromatic rings. The first-order valence-corrected chi connectivity index (χ1v) is 12.5. The van der Waals surface area contributed by atoms with E-state index in [4.69, 9.17) is 0 Å². The van der Waals surface area contributed by atoms with Crippen LogP contribution in [0.3, 0.4) is 0 Å². The molecule has 1 aromatic carbocycles. The van der Waals surface area contributed by atoms with Gasteiger partial charge in [-0.15, -0.1) is 0 Å². The van der Waals surface area contributed by atoms with E-state index in [0.29, 0.717) is 50.4 Å². The van der Waals surface area contributed by atoms with E-state index in [1.807, 2.05) is 6.20 Å². The third kappa shape index (κ3) is 4.15. The first-order valence-electron chi connectivity index (χ1n) is 10.9. The molecule has 0 N–H and O–H groups in total. The topological polar surface area (TPSA) is 97.6 Å². The normalized spacial score (nSPS) is 18.0. The maximum Gasteiger partial charge on any atom is 0.255 e. The Morgan fingerprint density at radius 1 is 1.16 bits per heavy atom. The van der Waals surface area contributed by atoms with E-state index in [1.165, 1.54) is 15.9 Å². The number of nitrogens with zero attached hydrogens (tertiary/aromatic N) is 5. The number of aromatic nitrogens is 1. The Balaban J connectivity index is 1.48. The predicted octanol–water partition coefficient (Wildman–Crippen LogP) is 2.33. The Hall–Kier alpha value is -3.12. The maximum absolute atomic E-state index is 13.1. The lowest BCUT2D eigenvalue weighted by molar-refractivity contribution is 0.0746. The molecule has 1 amide bonds. The van der Waals surface area contributed by atoms with Crippen LogP contribution in [-0.4, -0.2) is 62.7 Å². The molecule has 0 bridgehead atoms. The molecule has 32 heavy (non-hydrogen) atoms. The Bertz CT molecular complexity index is 1180. The third-order valence-corrected chi connectivity index (χ3v) is 7.99. The molecule has 0 atom stereocenters. The van der Waals surface area contributed by atoms with Crippen LogP contribution in [0, 0.1) is 18.3 Å². The summed E-state index contributed by atoms with van der Waals surface area (Å²) in [5.74, 6) is 0.848. The number of piperazine rings is 1. The quantitative estimate of drug-likeness (QED) is 0.705. The third-order valence-electron chi connectivity index (χ3n) is 6.12. The molecular formula is C23H27N5O3S. The highest BCUT2D eigenvalue weighted by atomic mass is 32.2. The standard InChI is InChI=1S/C23H27N5O3S/c1-3-18-13-17(2)22(25-16-18)26-8-10-27(11-9-26)23(29)21-6-5-20(14-19(21)15-24)28-7-4-12-32(28,30)31/h5-6,13-14,16H,3-4,7-12H2,1-2H3. The van der Waals surface area contributed by atoms with Crippen molar-refractivity contribution in [3.05, 3.63) is 52.7 Å². The monoisotopic (exact) mass is 453 g/mol. The molecule has 2 aliphatic heterocycles. The van der Waals surface area contributed by atoms with E-state index in [1.54, 1.807) is 17.0 Å².